The number of fused-ring (bicyclic) bond motifs is 1. The van der Waals surface area contributed by atoms with Crippen molar-refractivity contribution in [3.8, 4) is 11.5 Å². The molecule has 2 heterocycles. The molecule has 0 spiro atoms. The Labute approximate surface area is 164 Å². The number of hydrogen-bond acceptors (Lipinski definition) is 4. The van der Waals surface area contributed by atoms with Gasteiger partial charge < -0.3 is 14.8 Å². The maximum absolute atomic E-state index is 14.2. The average molecular weight is 388 g/mol. The molecule has 2 aliphatic rings. The molecule has 0 bridgehead atoms. The van der Waals surface area contributed by atoms with Crippen molar-refractivity contribution < 1.29 is 18.3 Å². The van der Waals surface area contributed by atoms with Crippen LogP contribution in [0.25, 0.3) is 0 Å². The number of piperazine rings is 1. The molecule has 1 N–H and O–H groups in total. The predicted molar refractivity (Wildman–Crippen MR) is 104 cm³/mol. The first-order chi connectivity index (χ1) is 13.5. The van der Waals surface area contributed by atoms with Gasteiger partial charge in [-0.15, -0.1) is 0 Å². The van der Waals surface area contributed by atoms with E-state index in [0.29, 0.717) is 18.6 Å². The number of ether oxygens (including phenoxy) is 2. The van der Waals surface area contributed by atoms with Gasteiger partial charge in [-0.25, -0.2) is 8.78 Å². The summed E-state index contributed by atoms with van der Waals surface area (Å²) >= 11 is 0. The summed E-state index contributed by atoms with van der Waals surface area (Å²) < 4.78 is 39.5. The van der Waals surface area contributed by atoms with Gasteiger partial charge in [-0.05, 0) is 26.0 Å². The summed E-state index contributed by atoms with van der Waals surface area (Å²) in [4.78, 5) is 2.30. The van der Waals surface area contributed by atoms with Crippen molar-refractivity contribution in [2.45, 2.75) is 38.5 Å². The van der Waals surface area contributed by atoms with Gasteiger partial charge >= 0.3 is 0 Å². The van der Waals surface area contributed by atoms with E-state index < -0.39 is 11.6 Å². The highest BCUT2D eigenvalue weighted by atomic mass is 19.1. The molecule has 1 saturated heterocycles. The fourth-order valence-electron chi connectivity index (χ4n) is 4.18. The summed E-state index contributed by atoms with van der Waals surface area (Å²) in [7, 11) is 0. The lowest BCUT2D eigenvalue weighted by Gasteiger charge is -2.41. The van der Waals surface area contributed by atoms with Crippen molar-refractivity contribution in [1.82, 2.24) is 10.2 Å². The lowest BCUT2D eigenvalue weighted by molar-refractivity contribution is 0.103. The zero-order valence-electron chi connectivity index (χ0n) is 16.3. The van der Waals surface area contributed by atoms with Crippen LogP contribution in [0.15, 0.2) is 36.4 Å². The summed E-state index contributed by atoms with van der Waals surface area (Å²) in [5, 5.41) is 3.56. The van der Waals surface area contributed by atoms with Crippen LogP contribution in [0.3, 0.4) is 0 Å². The summed E-state index contributed by atoms with van der Waals surface area (Å²) in [6.45, 7) is 6.80. The number of benzene rings is 2. The van der Waals surface area contributed by atoms with Gasteiger partial charge in [-0.3, -0.25) is 4.90 Å². The van der Waals surface area contributed by atoms with E-state index in [-0.39, 0.29) is 23.9 Å². The molecule has 150 valence electrons. The van der Waals surface area contributed by atoms with Gasteiger partial charge in [-0.2, -0.15) is 0 Å². The van der Waals surface area contributed by atoms with Crippen LogP contribution in [0.1, 0.15) is 43.5 Å². The molecule has 2 aliphatic heterocycles. The summed E-state index contributed by atoms with van der Waals surface area (Å²) in [6, 6.07) is 10.4. The Morgan fingerprint density at radius 2 is 2.00 bits per heavy atom. The van der Waals surface area contributed by atoms with E-state index in [1.54, 1.807) is 0 Å². The first-order valence-corrected chi connectivity index (χ1v) is 9.87. The Balaban J connectivity index is 1.60. The molecule has 2 aromatic carbocycles. The molecular formula is C22H26F2N2O2. The van der Waals surface area contributed by atoms with Gasteiger partial charge in [0.25, 0.3) is 0 Å². The third-order valence-corrected chi connectivity index (χ3v) is 5.34. The molecule has 0 amide bonds. The van der Waals surface area contributed by atoms with Gasteiger partial charge in [0.15, 0.2) is 11.6 Å². The van der Waals surface area contributed by atoms with E-state index in [4.69, 9.17) is 9.47 Å². The van der Waals surface area contributed by atoms with Crippen LogP contribution in [0.5, 0.6) is 11.5 Å². The van der Waals surface area contributed by atoms with Crippen molar-refractivity contribution >= 4 is 0 Å². The van der Waals surface area contributed by atoms with E-state index in [2.05, 4.69) is 16.3 Å². The maximum atomic E-state index is 14.2. The van der Waals surface area contributed by atoms with Crippen LogP contribution in [-0.4, -0.2) is 37.2 Å². The Bertz CT molecular complexity index is 843. The summed E-state index contributed by atoms with van der Waals surface area (Å²) in [5.41, 5.74) is 1.72. The number of rotatable bonds is 4. The fraction of sp³-hybridized carbons (Fsp3) is 0.455. The average Bonchev–Trinajstić information content (AvgIpc) is 2.67. The Hall–Kier alpha value is -2.18. The monoisotopic (exact) mass is 388 g/mol. The molecule has 4 nitrogen and oxygen atoms in total. The highest BCUT2D eigenvalue weighted by molar-refractivity contribution is 5.40. The molecule has 2 aromatic rings. The number of nitrogens with one attached hydrogen (secondary N) is 1. The lowest BCUT2D eigenvalue weighted by Crippen LogP contribution is -2.48. The molecule has 6 heteroatoms. The smallest absolute Gasteiger partial charge is 0.168 e. The van der Waals surface area contributed by atoms with Crippen molar-refractivity contribution in [2.75, 3.05) is 26.2 Å². The molecular weight excluding hydrogens is 362 g/mol. The molecule has 0 radical (unpaired) electrons. The quantitative estimate of drug-likeness (QED) is 0.850. The molecule has 0 saturated carbocycles. The Kier molecular flexibility index (Phi) is 5.51. The molecule has 1 fully saturated rings. The van der Waals surface area contributed by atoms with E-state index in [1.165, 1.54) is 6.07 Å². The van der Waals surface area contributed by atoms with E-state index >= 15 is 0 Å². The number of para-hydroxylation sites is 1. The fourth-order valence-corrected chi connectivity index (χ4v) is 4.18. The first-order valence-electron chi connectivity index (χ1n) is 9.87. The zero-order chi connectivity index (χ0) is 19.7. The van der Waals surface area contributed by atoms with Crippen molar-refractivity contribution in [3.63, 3.8) is 0 Å². The standard InChI is InChI=1S/C22H26F2N2O2/c1-14(2)28-21-6-4-3-5-16(21)19-13-26(9-8-25-19)20-7-10-27-22-17(20)11-15(23)12-18(22)24/h3-6,11-12,14,19-20,25H,7-10,13H2,1-2H3. The maximum Gasteiger partial charge on any atom is 0.168 e. The van der Waals surface area contributed by atoms with Crippen LogP contribution in [-0.2, 0) is 0 Å². The predicted octanol–water partition coefficient (Wildman–Crippen LogP) is 4.22. The van der Waals surface area contributed by atoms with Gasteiger partial charge in [0.1, 0.15) is 11.6 Å². The zero-order valence-corrected chi connectivity index (χ0v) is 16.3. The minimum absolute atomic E-state index is 0.0586. The second-order valence-electron chi connectivity index (χ2n) is 7.66. The second-order valence-corrected chi connectivity index (χ2v) is 7.66. The molecule has 28 heavy (non-hydrogen) atoms. The molecule has 0 aliphatic carbocycles. The van der Waals surface area contributed by atoms with E-state index in [0.717, 1.165) is 37.0 Å². The molecule has 4 rings (SSSR count). The van der Waals surface area contributed by atoms with Gasteiger partial charge in [0.05, 0.1) is 12.7 Å². The van der Waals surface area contributed by atoms with Gasteiger partial charge in [0, 0.05) is 55.3 Å². The van der Waals surface area contributed by atoms with Gasteiger partial charge in [-0.1, -0.05) is 18.2 Å². The number of hydrogen-bond donors (Lipinski definition) is 1. The number of nitrogens with zero attached hydrogens (tertiary/aromatic N) is 1. The topological polar surface area (TPSA) is 33.7 Å². The van der Waals surface area contributed by atoms with E-state index in [9.17, 15) is 8.78 Å². The van der Waals surface area contributed by atoms with Crippen LogP contribution in [0.2, 0.25) is 0 Å². The van der Waals surface area contributed by atoms with E-state index in [1.807, 2.05) is 32.0 Å². The van der Waals surface area contributed by atoms with Crippen molar-refractivity contribution in [2.24, 2.45) is 0 Å². The van der Waals surface area contributed by atoms with Crippen molar-refractivity contribution in [3.05, 3.63) is 59.2 Å². The normalized spacial score (nSPS) is 22.6. The summed E-state index contributed by atoms with van der Waals surface area (Å²) in [6.07, 6.45) is 0.807. The van der Waals surface area contributed by atoms with Crippen LogP contribution < -0.4 is 14.8 Å². The van der Waals surface area contributed by atoms with Crippen LogP contribution in [0, 0.1) is 11.6 Å². The first kappa shape index (κ1) is 19.2. The van der Waals surface area contributed by atoms with Gasteiger partial charge in [0.2, 0.25) is 0 Å². The SMILES string of the molecule is CC(C)Oc1ccccc1C1CN(C2CCOc3c(F)cc(F)cc32)CCN1. The minimum Gasteiger partial charge on any atom is -0.491 e. The summed E-state index contributed by atoms with van der Waals surface area (Å²) in [5.74, 6) is -0.117. The van der Waals surface area contributed by atoms with Crippen LogP contribution in [0.4, 0.5) is 8.78 Å². The largest absolute Gasteiger partial charge is 0.491 e. The minimum atomic E-state index is -0.623. The lowest BCUT2D eigenvalue weighted by atomic mass is 9.95. The molecule has 2 atom stereocenters. The highest BCUT2D eigenvalue weighted by Crippen LogP contribution is 2.40. The molecule has 0 aromatic heterocycles. The number of halogens is 2. The molecule has 2 unspecified atom stereocenters. The Morgan fingerprint density at radius 1 is 1.18 bits per heavy atom. The third-order valence-electron chi connectivity index (χ3n) is 5.34. The second kappa shape index (κ2) is 8.05. The third kappa shape index (κ3) is 3.84. The van der Waals surface area contributed by atoms with Crippen LogP contribution >= 0.6 is 0 Å². The Morgan fingerprint density at radius 3 is 2.82 bits per heavy atom. The van der Waals surface area contributed by atoms with Crippen molar-refractivity contribution in [1.29, 1.82) is 0 Å². The highest BCUT2D eigenvalue weighted by Gasteiger charge is 2.33.